The van der Waals surface area contributed by atoms with Crippen LogP contribution in [0.15, 0.2) is 23.5 Å². The van der Waals surface area contributed by atoms with E-state index in [2.05, 4.69) is 20.4 Å². The van der Waals surface area contributed by atoms with Crippen molar-refractivity contribution in [1.29, 1.82) is 0 Å². The van der Waals surface area contributed by atoms with Crippen LogP contribution in [-0.4, -0.2) is 25.0 Å². The van der Waals surface area contributed by atoms with Gasteiger partial charge in [0.2, 0.25) is 0 Å². The van der Waals surface area contributed by atoms with E-state index in [4.69, 9.17) is 0 Å². The van der Waals surface area contributed by atoms with Crippen molar-refractivity contribution in [1.82, 2.24) is 25.0 Å². The summed E-state index contributed by atoms with van der Waals surface area (Å²) in [6.07, 6.45) is 4.54. The van der Waals surface area contributed by atoms with E-state index in [-0.39, 0.29) is 5.69 Å². The summed E-state index contributed by atoms with van der Waals surface area (Å²) in [7, 11) is 0. The molecule has 0 aliphatic carbocycles. The topological polar surface area (TPSA) is 79.4 Å². The molecule has 0 aliphatic heterocycles. The van der Waals surface area contributed by atoms with Crippen LogP contribution in [0.2, 0.25) is 0 Å². The predicted molar refractivity (Wildman–Crippen MR) is 36.3 cm³/mol. The Hall–Kier alpha value is -1.85. The maximum absolute atomic E-state index is 10.9. The van der Waals surface area contributed by atoms with E-state index in [1.807, 2.05) is 0 Å². The molecule has 11 heavy (non-hydrogen) atoms. The molecule has 2 aromatic rings. The minimum Gasteiger partial charge on any atom is -0.284 e. The molecule has 0 unspecified atom stereocenters. The molecule has 56 valence electrons. The fourth-order valence-electron chi connectivity index (χ4n) is 0.808. The van der Waals surface area contributed by atoms with Gasteiger partial charge in [-0.25, -0.2) is 14.5 Å². The first kappa shape index (κ1) is 5.90. The van der Waals surface area contributed by atoms with E-state index in [1.165, 1.54) is 17.1 Å². The molecular formula is C5H5N5O. The maximum Gasteiger partial charge on any atom is 0.347 e. The highest BCUT2D eigenvalue weighted by atomic mass is 16.1. The SMILES string of the molecule is O=c1[nH]ncn1-c1cn[nH]c1. The second kappa shape index (κ2) is 2.08. The average Bonchev–Trinajstić information content (AvgIpc) is 2.55. The van der Waals surface area contributed by atoms with Crippen molar-refractivity contribution in [2.45, 2.75) is 0 Å². The van der Waals surface area contributed by atoms with Crippen LogP contribution in [-0.2, 0) is 0 Å². The van der Waals surface area contributed by atoms with Crippen LogP contribution >= 0.6 is 0 Å². The fraction of sp³-hybridized carbons (Fsp3) is 0. The predicted octanol–water partition coefficient (Wildman–Crippen LogP) is -0.716. The molecule has 0 fully saturated rings. The lowest BCUT2D eigenvalue weighted by Gasteiger charge is -1.88. The summed E-state index contributed by atoms with van der Waals surface area (Å²) in [5.74, 6) is 0. The zero-order chi connectivity index (χ0) is 7.68. The summed E-state index contributed by atoms with van der Waals surface area (Å²) in [6.45, 7) is 0. The molecule has 0 atom stereocenters. The van der Waals surface area contributed by atoms with Crippen molar-refractivity contribution in [3.05, 3.63) is 29.2 Å². The minimum absolute atomic E-state index is 0.272. The lowest BCUT2D eigenvalue weighted by atomic mass is 10.6. The first-order chi connectivity index (χ1) is 5.38. The van der Waals surface area contributed by atoms with Crippen LogP contribution in [0.3, 0.4) is 0 Å². The first-order valence-corrected chi connectivity index (χ1v) is 2.99. The Morgan fingerprint density at radius 3 is 2.91 bits per heavy atom. The van der Waals surface area contributed by atoms with Crippen molar-refractivity contribution in [2.24, 2.45) is 0 Å². The van der Waals surface area contributed by atoms with Crippen molar-refractivity contribution in [2.75, 3.05) is 0 Å². The van der Waals surface area contributed by atoms with Crippen LogP contribution < -0.4 is 5.69 Å². The number of nitrogens with one attached hydrogen (secondary N) is 2. The van der Waals surface area contributed by atoms with E-state index < -0.39 is 0 Å². The van der Waals surface area contributed by atoms with Gasteiger partial charge in [-0.1, -0.05) is 0 Å². The average molecular weight is 151 g/mol. The van der Waals surface area contributed by atoms with Crippen molar-refractivity contribution in [3.8, 4) is 5.69 Å². The smallest absolute Gasteiger partial charge is 0.284 e. The third-order valence-electron chi connectivity index (χ3n) is 1.31. The summed E-state index contributed by atoms with van der Waals surface area (Å²) < 4.78 is 1.35. The number of hydrogen-bond donors (Lipinski definition) is 2. The van der Waals surface area contributed by atoms with Gasteiger partial charge in [-0.2, -0.15) is 10.2 Å². The molecule has 6 heteroatoms. The molecule has 2 aromatic heterocycles. The Bertz CT molecular complexity index is 383. The second-order valence-corrected chi connectivity index (χ2v) is 1.99. The first-order valence-electron chi connectivity index (χ1n) is 2.99. The minimum atomic E-state index is -0.272. The van der Waals surface area contributed by atoms with Gasteiger partial charge in [0, 0.05) is 6.20 Å². The summed E-state index contributed by atoms with van der Waals surface area (Å²) >= 11 is 0. The van der Waals surface area contributed by atoms with Crippen molar-refractivity contribution in [3.63, 3.8) is 0 Å². The Balaban J connectivity index is 2.62. The molecule has 0 bridgehead atoms. The van der Waals surface area contributed by atoms with Crippen LogP contribution in [0.1, 0.15) is 0 Å². The fourth-order valence-corrected chi connectivity index (χ4v) is 0.808. The third kappa shape index (κ3) is 0.841. The summed E-state index contributed by atoms with van der Waals surface area (Å²) in [4.78, 5) is 10.9. The number of nitrogens with zero attached hydrogens (tertiary/aromatic N) is 3. The lowest BCUT2D eigenvalue weighted by molar-refractivity contribution is 0.984. The van der Waals surface area contributed by atoms with Crippen molar-refractivity contribution < 1.29 is 0 Å². The summed E-state index contributed by atoms with van der Waals surface area (Å²) in [5.41, 5.74) is 0.398. The zero-order valence-corrected chi connectivity index (χ0v) is 5.48. The van der Waals surface area contributed by atoms with Crippen LogP contribution in [0.4, 0.5) is 0 Å². The van der Waals surface area contributed by atoms with E-state index in [9.17, 15) is 4.79 Å². The molecule has 0 saturated carbocycles. The van der Waals surface area contributed by atoms with Crippen LogP contribution in [0.25, 0.3) is 5.69 Å². The Kier molecular flexibility index (Phi) is 1.12. The highest BCUT2D eigenvalue weighted by Crippen LogP contribution is 1.96. The van der Waals surface area contributed by atoms with Gasteiger partial charge >= 0.3 is 5.69 Å². The zero-order valence-electron chi connectivity index (χ0n) is 5.48. The monoisotopic (exact) mass is 151 g/mol. The molecule has 2 rings (SSSR count). The molecule has 0 aliphatic rings. The third-order valence-corrected chi connectivity index (χ3v) is 1.31. The van der Waals surface area contributed by atoms with Gasteiger partial charge < -0.3 is 0 Å². The highest BCUT2D eigenvalue weighted by Gasteiger charge is 1.99. The van der Waals surface area contributed by atoms with E-state index in [1.54, 1.807) is 6.20 Å². The summed E-state index contributed by atoms with van der Waals surface area (Å²) in [5, 5.41) is 12.1. The van der Waals surface area contributed by atoms with Gasteiger partial charge in [0.15, 0.2) is 0 Å². The quantitative estimate of drug-likeness (QED) is 0.564. The number of aromatic amines is 2. The Labute approximate surface area is 60.9 Å². The molecule has 2 heterocycles. The lowest BCUT2D eigenvalue weighted by Crippen LogP contribution is -2.13. The molecule has 0 amide bonds. The standard InChI is InChI=1S/C5H5N5O/c11-5-9-8-3-10(5)4-1-6-7-2-4/h1-3H,(H,6,7)(H,9,11). The van der Waals surface area contributed by atoms with Crippen LogP contribution in [0.5, 0.6) is 0 Å². The molecule has 0 aromatic carbocycles. The number of hydrogen-bond acceptors (Lipinski definition) is 3. The normalized spacial score (nSPS) is 10.2. The molecule has 0 spiro atoms. The van der Waals surface area contributed by atoms with Gasteiger partial charge in [0.05, 0.1) is 11.9 Å². The van der Waals surface area contributed by atoms with Crippen LogP contribution in [0, 0.1) is 0 Å². The molecular weight excluding hydrogens is 146 g/mol. The van der Waals surface area contributed by atoms with E-state index in [0.29, 0.717) is 5.69 Å². The number of rotatable bonds is 1. The number of aromatic nitrogens is 5. The van der Waals surface area contributed by atoms with Gasteiger partial charge in [-0.05, 0) is 0 Å². The van der Waals surface area contributed by atoms with Gasteiger partial charge in [-0.3, -0.25) is 5.10 Å². The number of H-pyrrole nitrogens is 2. The largest absolute Gasteiger partial charge is 0.347 e. The van der Waals surface area contributed by atoms with E-state index in [0.717, 1.165) is 0 Å². The molecule has 0 saturated heterocycles. The molecule has 2 N–H and O–H groups in total. The Morgan fingerprint density at radius 2 is 2.36 bits per heavy atom. The highest BCUT2D eigenvalue weighted by molar-refractivity contribution is 5.22. The van der Waals surface area contributed by atoms with Gasteiger partial charge in [-0.15, -0.1) is 0 Å². The second-order valence-electron chi connectivity index (χ2n) is 1.99. The summed E-state index contributed by atoms with van der Waals surface area (Å²) in [6, 6.07) is 0. The maximum atomic E-state index is 10.9. The molecule has 0 radical (unpaired) electrons. The van der Waals surface area contributed by atoms with Gasteiger partial charge in [0.1, 0.15) is 6.33 Å². The molecule has 6 nitrogen and oxygen atoms in total. The Morgan fingerprint density at radius 1 is 1.45 bits per heavy atom. The van der Waals surface area contributed by atoms with E-state index >= 15 is 0 Å². The van der Waals surface area contributed by atoms with Crippen molar-refractivity contribution >= 4 is 0 Å². The van der Waals surface area contributed by atoms with Gasteiger partial charge in [0.25, 0.3) is 0 Å².